The summed E-state index contributed by atoms with van der Waals surface area (Å²) in [7, 11) is 16.2. The molecule has 0 spiro atoms. The van der Waals surface area contributed by atoms with Gasteiger partial charge < -0.3 is 83.3 Å². The van der Waals surface area contributed by atoms with Gasteiger partial charge in [-0.05, 0) is 222 Å². The number of likely N-dealkylation sites (tertiary alicyclic amines) is 3. The molecule has 24 nitrogen and oxygen atoms in total. The second kappa shape index (κ2) is 59.8. The van der Waals surface area contributed by atoms with Crippen LogP contribution in [0.5, 0.6) is 0 Å². The van der Waals surface area contributed by atoms with Crippen molar-refractivity contribution in [2.24, 2.45) is 23.5 Å². The van der Waals surface area contributed by atoms with Crippen LogP contribution in [0.4, 0.5) is 18.0 Å². The number of halogens is 9. The zero-order valence-electron chi connectivity index (χ0n) is 72.1. The van der Waals surface area contributed by atoms with Crippen molar-refractivity contribution in [2.45, 2.75) is 129 Å². The molecule has 657 valence electrons. The minimum atomic E-state index is -1.09. The van der Waals surface area contributed by atoms with Crippen LogP contribution >= 0.6 is 70.4 Å². The van der Waals surface area contributed by atoms with Crippen molar-refractivity contribution in [2.75, 3.05) is 120 Å². The molecule has 0 bridgehead atoms. The number of primary amides is 1. The van der Waals surface area contributed by atoms with Crippen LogP contribution < -0.4 is 86.7 Å². The molecule has 3 fully saturated rings. The van der Waals surface area contributed by atoms with Crippen LogP contribution in [0.2, 0.25) is 15.1 Å². The van der Waals surface area contributed by atoms with Gasteiger partial charge in [-0.2, -0.15) is 10.5 Å². The summed E-state index contributed by atoms with van der Waals surface area (Å²) in [4.78, 5) is 83.4. The van der Waals surface area contributed by atoms with Crippen LogP contribution in [0.15, 0.2) is 127 Å². The van der Waals surface area contributed by atoms with E-state index >= 15 is 0 Å². The van der Waals surface area contributed by atoms with Crippen molar-refractivity contribution < 1.29 is 168 Å². The zero-order chi connectivity index (χ0) is 88.8. The summed E-state index contributed by atoms with van der Waals surface area (Å²) >= 11 is 27.5. The number of piperidine rings is 3. The number of alkyl halides is 2. The summed E-state index contributed by atoms with van der Waals surface area (Å²) in [5.41, 5.74) is 7.54. The van der Waals surface area contributed by atoms with Gasteiger partial charge in [0.05, 0.1) is 51.0 Å². The Morgan fingerprint density at radius 2 is 0.901 bits per heavy atom. The number of carbonyl (C=O) groups is 6. The summed E-state index contributed by atoms with van der Waals surface area (Å²) in [5, 5.41) is 63.1. The van der Waals surface area contributed by atoms with E-state index in [0.717, 1.165) is 87.1 Å². The summed E-state index contributed by atoms with van der Waals surface area (Å²) in [6.45, 7) is 21.6. The number of nitrogens with zero attached hydrogens (tertiary/aromatic N) is 8. The molecule has 9 rings (SSSR count). The molecule has 36 heteroatoms. The van der Waals surface area contributed by atoms with Crippen LogP contribution in [0.25, 0.3) is 0 Å². The number of hydrogen-bond acceptors (Lipinski definition) is 22. The molecule has 6 atom stereocenters. The van der Waals surface area contributed by atoms with Crippen molar-refractivity contribution in [3.63, 3.8) is 0 Å². The Labute approximate surface area is 808 Å². The van der Waals surface area contributed by atoms with Gasteiger partial charge >= 0.3 is 99.0 Å². The standard InChI is InChI=1S/C23H29ClFN3O2.C23H27ClFN3O.C20H29N3O3.C8H6ClFO.C4H6O4.C4H10O.C2H3BO2.CH2Cl2.ClH.K.Na.H2O/c1-27(2)14-19-15-28(10-8-16-6-7-20(25)13-21(16)24)11-9-23(19,30)18-5-3-4-17(12-18)22(26)29;1-27(2)15-20-16-28(10-8-18-6-7-21(25)13-22(18)24)11-9-23(20,29)19-5-3-4-17(12-19)14-26;1-19(2,3)26-18(24)23-10-9-20(25,17(14-23)13-22(4)5)16-8-6-7-15(11-16)12-21;9-8-5-7(10)2-1-6(8)3-4-11;1-3(5)7-8-4(2)6;1-4(2,3)5;1-2(4)5-3;2-1-3;;;;/h3-7,12-13,19,30H,8-11,14-15H2,1-2H3,(H2,26,29);3-7,12-13,20,29H,8-11,15-16H2,1-2H3;6-8,11,17,25H,9-10,13-14H2,1-5H3;1-2,4-5H,3H2;1-2H3;5H,1-3H3;1H3;1H2;1H;;;1H2/q;;;;;;-1;;;2*+1;/p-1/t19-,23-;20-,23-;17-,20-;;;;;;;;;/m000........./s1. The molecule has 3 aliphatic heterocycles. The summed E-state index contributed by atoms with van der Waals surface area (Å²) in [5.74, 6) is -3.53. The average molecular weight is 1840 g/mol. The van der Waals surface area contributed by atoms with Gasteiger partial charge in [0.25, 0.3) is 0 Å². The molecule has 0 unspecified atom stereocenters. The first-order valence-corrected chi connectivity index (χ1v) is 39.6. The molecule has 6 aromatic carbocycles. The Kier molecular flexibility index (Phi) is 59.4. The van der Waals surface area contributed by atoms with Gasteiger partial charge in [0.1, 0.15) is 29.3 Å². The van der Waals surface area contributed by atoms with Crippen molar-refractivity contribution in [1.29, 1.82) is 10.5 Å². The van der Waals surface area contributed by atoms with Crippen LogP contribution in [0.1, 0.15) is 136 Å². The predicted molar refractivity (Wildman–Crippen MR) is 460 cm³/mol. The Hall–Kier alpha value is -5.05. The summed E-state index contributed by atoms with van der Waals surface area (Å²) in [6, 6.07) is 38.7. The number of aliphatic hydroxyl groups is 4. The van der Waals surface area contributed by atoms with E-state index in [9.17, 15) is 62.5 Å². The van der Waals surface area contributed by atoms with Gasteiger partial charge in [-0.15, -0.1) is 35.6 Å². The SMILES string of the molecule is CC(=O)OOC(C)=O.CC(C)(C)O.CN(C)C[C@H]1CN(C(=O)OC(C)(C)C)CC[C@]1(O)c1cccc(C#N)c1.CN(C)C[C@H]1CN(CCc2ccc(F)cc2Cl)CC[C@]1(O)c1cccc(C#N)c1.CN(C)C[C@H]1CN(CCc2ccc(F)cc2Cl)CC[C@]1(O)c1cccc(C(N)=O)c1.Cl.ClCCl.O=CCc1ccc(F)cc1Cl.[B-]OC(C)=O.[K+].[Na+].[OH-]. The fourth-order valence-electron chi connectivity index (χ4n) is 12.7. The number of hydrogen-bond donors (Lipinski definition) is 5. The third-order valence-electron chi connectivity index (χ3n) is 18.0. The molecule has 2 amide bonds. The number of nitriles is 2. The van der Waals surface area contributed by atoms with Crippen LogP contribution in [0, 0.1) is 57.9 Å². The number of ether oxygens (including phenoxy) is 1. The molecular weight excluding hydrogens is 1730 g/mol. The van der Waals surface area contributed by atoms with Gasteiger partial charge in [-0.25, -0.2) is 37.3 Å². The third kappa shape index (κ3) is 45.8. The molecule has 3 heterocycles. The molecule has 0 aliphatic carbocycles. The normalized spacial score (nSPS) is 18.4. The Bertz CT molecular complexity index is 4230. The Morgan fingerprint density at radius 3 is 1.20 bits per heavy atom. The van der Waals surface area contributed by atoms with Gasteiger partial charge in [-0.3, -0.25) is 9.59 Å². The zero-order valence-corrected chi connectivity index (χ0v) is 81.9. The summed E-state index contributed by atoms with van der Waals surface area (Å²) < 4.78 is 48.1. The largest absolute Gasteiger partial charge is 1.00 e. The summed E-state index contributed by atoms with van der Waals surface area (Å²) in [6.07, 6.45) is 3.61. The molecule has 6 aromatic rings. The second-order valence-corrected chi connectivity index (χ2v) is 32.9. The fourth-order valence-corrected chi connectivity index (χ4v) is 13.5. The molecule has 3 radical (unpaired) electrons. The molecule has 3 saturated heterocycles. The molecule has 7 N–H and O–H groups in total. The monoisotopic (exact) mass is 1840 g/mol. The quantitative estimate of drug-likeness (QED) is 0.0183. The van der Waals surface area contributed by atoms with Gasteiger partial charge in [0, 0.05) is 138 Å². The maximum Gasteiger partial charge on any atom is 1.00 e. The van der Waals surface area contributed by atoms with E-state index in [0.29, 0.717) is 102 Å². The number of aldehydes is 1. The minimum Gasteiger partial charge on any atom is -0.870 e. The van der Waals surface area contributed by atoms with Crippen LogP contribution in [-0.2, 0) is 74.4 Å². The van der Waals surface area contributed by atoms with Crippen LogP contribution in [0.3, 0.4) is 0 Å². The van der Waals surface area contributed by atoms with Gasteiger partial charge in [0.2, 0.25) is 11.9 Å². The van der Waals surface area contributed by atoms with E-state index in [1.165, 1.54) is 49.4 Å². The molecule has 0 aromatic heterocycles. The topological polar surface area (TPSA) is 343 Å². The van der Waals surface area contributed by atoms with Crippen molar-refractivity contribution >= 4 is 115 Å². The first-order valence-electron chi connectivity index (χ1n) is 37.4. The Balaban J connectivity index is -0.00000144. The second-order valence-electron chi connectivity index (χ2n) is 30.9. The number of nitrogens with two attached hydrogens (primary N) is 1. The number of rotatable bonds is 18. The van der Waals surface area contributed by atoms with Crippen molar-refractivity contribution in [1.82, 2.24) is 29.4 Å². The molecular formula is C85H114BCl6F3KN9NaO15. The smallest absolute Gasteiger partial charge is 0.870 e. The van der Waals surface area contributed by atoms with E-state index in [-0.39, 0.29) is 152 Å². The van der Waals surface area contributed by atoms with E-state index in [1.54, 1.807) is 86.3 Å². The van der Waals surface area contributed by atoms with Crippen molar-refractivity contribution in [3.8, 4) is 12.1 Å². The van der Waals surface area contributed by atoms with Gasteiger partial charge in [-0.1, -0.05) is 89.4 Å². The third-order valence-corrected chi connectivity index (χ3v) is 19.1. The van der Waals surface area contributed by atoms with Crippen molar-refractivity contribution in [3.05, 3.63) is 210 Å². The fraction of sp³-hybridized carbons (Fsp3) is 0.482. The van der Waals surface area contributed by atoms with E-state index in [2.05, 4.69) is 54.2 Å². The predicted octanol–water partition coefficient (Wildman–Crippen LogP) is 7.45. The van der Waals surface area contributed by atoms with Gasteiger partial charge in [0.15, 0.2) is 0 Å². The molecule has 121 heavy (non-hydrogen) atoms. The van der Waals surface area contributed by atoms with E-state index in [1.807, 2.05) is 92.2 Å². The van der Waals surface area contributed by atoms with E-state index in [4.69, 9.17) is 78.8 Å². The minimum absolute atomic E-state index is 0. The first-order chi connectivity index (χ1) is 54.6. The maximum atomic E-state index is 13.3. The van der Waals surface area contributed by atoms with E-state index < -0.39 is 51.8 Å². The van der Waals surface area contributed by atoms with Crippen LogP contribution in [-0.4, -0.2) is 230 Å². The molecule has 0 saturated carbocycles. The first kappa shape index (κ1) is 120. The maximum absolute atomic E-state index is 13.3. The Morgan fingerprint density at radius 1 is 0.579 bits per heavy atom. The number of amides is 2. The number of benzene rings is 6. The molecule has 3 aliphatic rings. The average Bonchev–Trinajstić information content (AvgIpc) is 0.783. The number of carbonyl (C=O) groups excluding carboxylic acids is 6.